The smallest absolute Gasteiger partial charge is 0.361 e. The third kappa shape index (κ3) is 4.38. The van der Waals surface area contributed by atoms with Crippen LogP contribution in [0.5, 0.6) is 11.5 Å². The van der Waals surface area contributed by atoms with Gasteiger partial charge in [-0.3, -0.25) is 10.2 Å². The molecule has 172 valence electrons. The summed E-state index contributed by atoms with van der Waals surface area (Å²) in [6.45, 7) is 3.90. The lowest BCUT2D eigenvalue weighted by molar-refractivity contribution is 0.0514. The topological polar surface area (TPSA) is 105 Å². The monoisotopic (exact) mass is 468 g/mol. The van der Waals surface area contributed by atoms with Crippen LogP contribution in [-0.2, 0) is 4.74 Å². The van der Waals surface area contributed by atoms with Crippen LogP contribution in [0, 0.1) is 6.92 Å². The zero-order chi connectivity index (χ0) is 23.5. The van der Waals surface area contributed by atoms with Gasteiger partial charge in [-0.2, -0.15) is 4.79 Å². The molecule has 0 bridgehead atoms. The van der Waals surface area contributed by atoms with Crippen molar-refractivity contribution in [3.63, 3.8) is 0 Å². The first-order valence-electron chi connectivity index (χ1n) is 10.4. The largest absolute Gasteiger partial charge is 0.493 e. The number of carbonyl (C=O) groups is 2. The minimum atomic E-state index is -0.606. The summed E-state index contributed by atoms with van der Waals surface area (Å²) < 4.78 is 15.9. The normalized spacial score (nSPS) is 17.0. The molecule has 1 aliphatic heterocycles. The van der Waals surface area contributed by atoms with E-state index in [-0.39, 0.29) is 18.1 Å². The first-order valence-corrected chi connectivity index (χ1v) is 11.2. The van der Waals surface area contributed by atoms with Crippen LogP contribution < -0.4 is 14.9 Å². The lowest BCUT2D eigenvalue weighted by Crippen LogP contribution is -2.39. The summed E-state index contributed by atoms with van der Waals surface area (Å²) in [5.74, 6) is 0.450. The molecule has 0 unspecified atom stereocenters. The van der Waals surface area contributed by atoms with E-state index in [0.717, 1.165) is 11.1 Å². The van der Waals surface area contributed by atoms with Gasteiger partial charge in [-0.25, -0.2) is 4.79 Å². The number of carbonyl (C=O) groups excluding carboxylic acids is 2. The van der Waals surface area contributed by atoms with Gasteiger partial charge in [0, 0.05) is 5.56 Å². The van der Waals surface area contributed by atoms with Crippen molar-refractivity contribution in [2.45, 2.75) is 30.2 Å². The molecule has 10 heteroatoms. The minimum absolute atomic E-state index is 0.0711. The van der Waals surface area contributed by atoms with Gasteiger partial charge in [0.15, 0.2) is 22.3 Å². The van der Waals surface area contributed by atoms with Crippen molar-refractivity contribution < 1.29 is 23.8 Å². The van der Waals surface area contributed by atoms with Gasteiger partial charge in [-0.1, -0.05) is 47.7 Å². The van der Waals surface area contributed by atoms with Crippen molar-refractivity contribution in [3.8, 4) is 11.5 Å². The van der Waals surface area contributed by atoms with E-state index < -0.39 is 17.3 Å². The van der Waals surface area contributed by atoms with E-state index in [1.165, 1.54) is 16.6 Å². The van der Waals surface area contributed by atoms with E-state index in [0.29, 0.717) is 22.1 Å². The number of thioether (sulfide) groups is 1. The zero-order valence-corrected chi connectivity index (χ0v) is 19.5. The van der Waals surface area contributed by atoms with Crippen LogP contribution in [0.4, 0.5) is 0 Å². The van der Waals surface area contributed by atoms with E-state index in [2.05, 4.69) is 15.7 Å². The molecule has 4 rings (SSSR count). The molecule has 0 radical (unpaired) electrons. The van der Waals surface area contributed by atoms with Gasteiger partial charge < -0.3 is 14.2 Å². The number of Topliss-reactive ketones (excluding diaryl/α,β-unsaturated/α-hetero) is 1. The molecule has 0 aliphatic carbocycles. The van der Waals surface area contributed by atoms with E-state index >= 15 is 0 Å². The Kier molecular flexibility index (Phi) is 6.55. The Hall–Kier alpha value is -3.53. The summed E-state index contributed by atoms with van der Waals surface area (Å²) in [5.41, 5.74) is 5.73. The maximum Gasteiger partial charge on any atom is 0.361 e. The van der Waals surface area contributed by atoms with Crippen molar-refractivity contribution >= 4 is 23.5 Å². The summed E-state index contributed by atoms with van der Waals surface area (Å²) in [7, 11) is 3.12. The summed E-state index contributed by atoms with van der Waals surface area (Å²) in [5, 5.41) is 7.86. The van der Waals surface area contributed by atoms with Crippen molar-refractivity contribution in [1.29, 1.82) is 0 Å². The highest BCUT2D eigenvalue weighted by Gasteiger charge is 2.40. The molecule has 2 atom stereocenters. The number of benzene rings is 2. The van der Waals surface area contributed by atoms with E-state index in [1.807, 2.05) is 31.2 Å². The summed E-state index contributed by atoms with van der Waals surface area (Å²) in [6.07, 6.45) is 0. The van der Waals surface area contributed by atoms with Crippen LogP contribution in [-0.4, -0.2) is 52.9 Å². The Bertz CT molecular complexity index is 1180. The molecular formula is C23H24N4O5S. The number of hydrogen-bond donors (Lipinski definition) is 1. The molecule has 0 saturated heterocycles. The van der Waals surface area contributed by atoms with Crippen LogP contribution >= 0.6 is 11.8 Å². The van der Waals surface area contributed by atoms with Gasteiger partial charge in [0.1, 0.15) is 5.25 Å². The first-order chi connectivity index (χ1) is 16.0. The number of nitrogens with zero attached hydrogens (tertiary/aromatic N) is 3. The molecule has 3 aromatic rings. The number of nitrogens with one attached hydrogen (secondary N) is 1. The summed E-state index contributed by atoms with van der Waals surface area (Å²) in [4.78, 5) is 27.4. The number of rotatable bonds is 7. The van der Waals surface area contributed by atoms with Crippen LogP contribution in [0.25, 0.3) is 0 Å². The number of methoxy groups -OCH3 is 2. The number of fused-ring (bicyclic) bond motifs is 1. The molecule has 9 nitrogen and oxygen atoms in total. The second kappa shape index (κ2) is 9.53. The lowest BCUT2D eigenvalue weighted by atomic mass is 9.96. The SMILES string of the molecule is CCOC(=O)c1nnn2c1S[C@H](C(=O)c1ccc(C)cc1)[C@@H](c1ccc(OC)c(OC)c1)N2. The van der Waals surface area contributed by atoms with Gasteiger partial charge >= 0.3 is 5.97 Å². The van der Waals surface area contributed by atoms with Gasteiger partial charge in [-0.05, 0) is 36.8 Å². The number of esters is 1. The van der Waals surface area contributed by atoms with Crippen LogP contribution in [0.3, 0.4) is 0 Å². The molecule has 1 N–H and O–H groups in total. The average molecular weight is 469 g/mol. The Morgan fingerprint density at radius 1 is 1.09 bits per heavy atom. The number of ether oxygens (including phenoxy) is 3. The van der Waals surface area contributed by atoms with Gasteiger partial charge in [0.05, 0.1) is 26.9 Å². The molecule has 2 heterocycles. The van der Waals surface area contributed by atoms with Crippen LogP contribution in [0.1, 0.15) is 44.9 Å². The molecule has 33 heavy (non-hydrogen) atoms. The zero-order valence-electron chi connectivity index (χ0n) is 18.7. The highest BCUT2D eigenvalue weighted by atomic mass is 32.2. The molecule has 1 aromatic heterocycles. The van der Waals surface area contributed by atoms with E-state index in [1.54, 1.807) is 39.3 Å². The predicted octanol–water partition coefficient (Wildman–Crippen LogP) is 3.42. The Labute approximate surface area is 195 Å². The number of ketones is 1. The van der Waals surface area contributed by atoms with Crippen LogP contribution in [0.15, 0.2) is 47.5 Å². The quantitative estimate of drug-likeness (QED) is 0.412. The fourth-order valence-electron chi connectivity index (χ4n) is 3.56. The van der Waals surface area contributed by atoms with E-state index in [4.69, 9.17) is 14.2 Å². The molecule has 1 aliphatic rings. The van der Waals surface area contributed by atoms with Gasteiger partial charge in [0.2, 0.25) is 5.69 Å². The maximum atomic E-state index is 13.6. The fraction of sp³-hybridized carbons (Fsp3) is 0.304. The lowest BCUT2D eigenvalue weighted by Gasteiger charge is -2.32. The Balaban J connectivity index is 1.77. The van der Waals surface area contributed by atoms with Gasteiger partial charge in [-0.15, -0.1) is 5.10 Å². The standard InChI is InChI=1S/C23H24N4O5S/c1-5-32-23(29)19-22-27(26-24-19)25-18(15-10-11-16(30-3)17(12-15)31-4)21(33-22)20(28)14-8-6-13(2)7-9-14/h6-12,18,21,25H,5H2,1-4H3/t18-,21+/m1/s1. The number of hydrogen-bond acceptors (Lipinski definition) is 9. The fourth-order valence-corrected chi connectivity index (χ4v) is 4.82. The molecule has 0 amide bonds. The molecule has 2 aromatic carbocycles. The molecule has 0 saturated carbocycles. The van der Waals surface area contributed by atoms with Crippen molar-refractivity contribution in [1.82, 2.24) is 15.1 Å². The van der Waals surface area contributed by atoms with Crippen molar-refractivity contribution in [2.75, 3.05) is 26.3 Å². The third-order valence-electron chi connectivity index (χ3n) is 5.26. The highest BCUT2D eigenvalue weighted by Crippen LogP contribution is 2.42. The second-order valence-electron chi connectivity index (χ2n) is 7.37. The first kappa shape index (κ1) is 22.7. The second-order valence-corrected chi connectivity index (χ2v) is 8.50. The predicted molar refractivity (Wildman–Crippen MR) is 123 cm³/mol. The Morgan fingerprint density at radius 2 is 1.82 bits per heavy atom. The molecular weight excluding hydrogens is 444 g/mol. The minimum Gasteiger partial charge on any atom is -0.493 e. The summed E-state index contributed by atoms with van der Waals surface area (Å²) in [6, 6.07) is 12.4. The number of aromatic nitrogens is 3. The average Bonchev–Trinajstić information content (AvgIpc) is 3.26. The maximum absolute atomic E-state index is 13.6. The third-order valence-corrected chi connectivity index (χ3v) is 6.59. The van der Waals surface area contributed by atoms with E-state index in [9.17, 15) is 9.59 Å². The van der Waals surface area contributed by atoms with Crippen molar-refractivity contribution in [3.05, 3.63) is 64.8 Å². The summed E-state index contributed by atoms with van der Waals surface area (Å²) >= 11 is 1.23. The van der Waals surface area contributed by atoms with Crippen molar-refractivity contribution in [2.24, 2.45) is 0 Å². The van der Waals surface area contributed by atoms with Gasteiger partial charge in [0.25, 0.3) is 0 Å². The Morgan fingerprint density at radius 3 is 2.48 bits per heavy atom. The number of aryl methyl sites for hydroxylation is 1. The van der Waals surface area contributed by atoms with Crippen LogP contribution in [0.2, 0.25) is 0 Å². The highest BCUT2D eigenvalue weighted by molar-refractivity contribution is 8.00. The molecule has 0 spiro atoms. The molecule has 0 fully saturated rings.